The highest BCUT2D eigenvalue weighted by Gasteiger charge is 2.48. The van der Waals surface area contributed by atoms with Crippen molar-refractivity contribution in [2.75, 3.05) is 13.6 Å². The zero-order valence-electron chi connectivity index (χ0n) is 18.0. The molecular formula is C22H29N5O4. The summed E-state index contributed by atoms with van der Waals surface area (Å²) < 4.78 is 0. The molecule has 0 aromatic heterocycles. The van der Waals surface area contributed by atoms with Gasteiger partial charge in [-0.05, 0) is 37.4 Å². The van der Waals surface area contributed by atoms with Gasteiger partial charge < -0.3 is 15.5 Å². The fraction of sp³-hybridized carbons (Fsp3) is 0.545. The Morgan fingerprint density at radius 3 is 2.42 bits per heavy atom. The number of fused-ring (bicyclic) bond motifs is 2. The molecule has 1 aromatic carbocycles. The first kappa shape index (κ1) is 21.3. The van der Waals surface area contributed by atoms with Crippen LogP contribution in [0.4, 0.5) is 0 Å². The first-order valence-electron chi connectivity index (χ1n) is 10.9. The predicted molar refractivity (Wildman–Crippen MR) is 112 cm³/mol. The number of hydrazine groups is 1. The van der Waals surface area contributed by atoms with E-state index in [4.69, 9.17) is 0 Å². The van der Waals surface area contributed by atoms with Crippen molar-refractivity contribution in [2.24, 2.45) is 0 Å². The highest BCUT2D eigenvalue weighted by Crippen LogP contribution is 2.30. The van der Waals surface area contributed by atoms with Gasteiger partial charge in [0.1, 0.15) is 12.1 Å². The van der Waals surface area contributed by atoms with E-state index in [1.165, 1.54) is 10.0 Å². The van der Waals surface area contributed by atoms with E-state index in [2.05, 4.69) is 10.6 Å². The Bertz CT molecular complexity index is 875. The molecule has 2 fully saturated rings. The van der Waals surface area contributed by atoms with Gasteiger partial charge >= 0.3 is 0 Å². The molecule has 4 rings (SSSR count). The Labute approximate surface area is 181 Å². The van der Waals surface area contributed by atoms with Crippen molar-refractivity contribution >= 4 is 23.6 Å². The summed E-state index contributed by atoms with van der Waals surface area (Å²) in [5, 5.41) is 8.42. The topological polar surface area (TPSA) is 102 Å². The lowest BCUT2D eigenvalue weighted by atomic mass is 10.1. The molecule has 0 bridgehead atoms. The summed E-state index contributed by atoms with van der Waals surface area (Å²) in [4.78, 5) is 53.7. The van der Waals surface area contributed by atoms with Crippen molar-refractivity contribution in [2.45, 2.75) is 63.8 Å². The standard InChI is InChI=1S/C22H29N5O4/c1-3-16(23-2)20(29)24-17-8-9-19(28)26-11-10-18(27(26)21(17)30)22(31)25-12-14-6-4-5-7-15(14)13-25/h4-7,16-18,23H,3,8-13H2,1-2H3,(H,24,29)/t16-,17-,18-/m0/s1. The smallest absolute Gasteiger partial charge is 0.264 e. The van der Waals surface area contributed by atoms with E-state index in [9.17, 15) is 19.2 Å². The number of likely N-dealkylation sites (N-methyl/N-ethyl adjacent to an activating group) is 1. The maximum Gasteiger partial charge on any atom is 0.264 e. The Morgan fingerprint density at radius 2 is 1.81 bits per heavy atom. The molecule has 3 atom stereocenters. The maximum atomic E-state index is 13.4. The Balaban J connectivity index is 1.52. The summed E-state index contributed by atoms with van der Waals surface area (Å²) in [6, 6.07) is 5.93. The minimum atomic E-state index is -0.826. The van der Waals surface area contributed by atoms with Gasteiger partial charge in [-0.25, -0.2) is 5.01 Å². The van der Waals surface area contributed by atoms with Gasteiger partial charge in [-0.2, -0.15) is 0 Å². The van der Waals surface area contributed by atoms with Crippen LogP contribution in [0.5, 0.6) is 0 Å². The van der Waals surface area contributed by atoms with Crippen molar-refractivity contribution in [3.8, 4) is 0 Å². The van der Waals surface area contributed by atoms with E-state index in [0.29, 0.717) is 32.5 Å². The number of nitrogens with zero attached hydrogens (tertiary/aromatic N) is 3. The van der Waals surface area contributed by atoms with Gasteiger partial charge in [-0.15, -0.1) is 0 Å². The van der Waals surface area contributed by atoms with Crippen LogP contribution in [0, 0.1) is 0 Å². The fourth-order valence-electron chi connectivity index (χ4n) is 4.69. The van der Waals surface area contributed by atoms with Crippen LogP contribution >= 0.6 is 0 Å². The minimum absolute atomic E-state index is 0.152. The number of amides is 4. The van der Waals surface area contributed by atoms with E-state index in [1.807, 2.05) is 31.2 Å². The molecule has 0 saturated carbocycles. The zero-order chi connectivity index (χ0) is 22.1. The van der Waals surface area contributed by atoms with Crippen LogP contribution in [0.1, 0.15) is 43.7 Å². The molecule has 0 unspecified atom stereocenters. The van der Waals surface area contributed by atoms with Gasteiger partial charge in [0.2, 0.25) is 17.7 Å². The number of nitrogens with one attached hydrogen (secondary N) is 2. The molecule has 0 spiro atoms. The molecule has 9 nitrogen and oxygen atoms in total. The van der Waals surface area contributed by atoms with Crippen LogP contribution in [0.15, 0.2) is 24.3 Å². The number of rotatable bonds is 5. The van der Waals surface area contributed by atoms with E-state index in [1.54, 1.807) is 11.9 Å². The lowest BCUT2D eigenvalue weighted by Crippen LogP contribution is -2.58. The Hall–Kier alpha value is -2.94. The van der Waals surface area contributed by atoms with Gasteiger partial charge in [0.15, 0.2) is 0 Å². The predicted octanol–water partition coefficient (Wildman–Crippen LogP) is 0.150. The monoisotopic (exact) mass is 427 g/mol. The Kier molecular flexibility index (Phi) is 5.95. The van der Waals surface area contributed by atoms with Gasteiger partial charge in [0, 0.05) is 26.1 Å². The third-order valence-corrected chi connectivity index (χ3v) is 6.46. The quantitative estimate of drug-likeness (QED) is 0.697. The first-order valence-corrected chi connectivity index (χ1v) is 10.9. The average Bonchev–Trinajstić information content (AvgIpc) is 3.38. The van der Waals surface area contributed by atoms with Crippen molar-refractivity contribution in [3.05, 3.63) is 35.4 Å². The van der Waals surface area contributed by atoms with E-state index < -0.39 is 24.0 Å². The van der Waals surface area contributed by atoms with Crippen molar-refractivity contribution in [3.63, 3.8) is 0 Å². The number of hydrogen-bond acceptors (Lipinski definition) is 5. The van der Waals surface area contributed by atoms with Crippen LogP contribution in [0.2, 0.25) is 0 Å². The van der Waals surface area contributed by atoms with Crippen molar-refractivity contribution in [1.82, 2.24) is 25.6 Å². The molecule has 166 valence electrons. The lowest BCUT2D eigenvalue weighted by molar-refractivity contribution is -0.164. The first-order chi connectivity index (χ1) is 14.9. The van der Waals surface area contributed by atoms with Crippen molar-refractivity contribution < 1.29 is 19.2 Å². The van der Waals surface area contributed by atoms with Gasteiger partial charge in [0.05, 0.1) is 6.04 Å². The van der Waals surface area contributed by atoms with E-state index >= 15 is 0 Å². The Morgan fingerprint density at radius 1 is 1.13 bits per heavy atom. The fourth-order valence-corrected chi connectivity index (χ4v) is 4.69. The van der Waals surface area contributed by atoms with Crippen LogP contribution in [0.3, 0.4) is 0 Å². The van der Waals surface area contributed by atoms with Gasteiger partial charge in [0.25, 0.3) is 5.91 Å². The normalized spacial score (nSPS) is 24.0. The second kappa shape index (κ2) is 8.66. The third kappa shape index (κ3) is 3.89. The second-order valence-electron chi connectivity index (χ2n) is 8.32. The molecule has 4 amide bonds. The van der Waals surface area contributed by atoms with Gasteiger partial charge in [-0.3, -0.25) is 24.2 Å². The van der Waals surface area contributed by atoms with Crippen molar-refractivity contribution in [1.29, 1.82) is 0 Å². The molecule has 2 N–H and O–H groups in total. The summed E-state index contributed by atoms with van der Waals surface area (Å²) in [5.74, 6) is -1.02. The molecule has 1 aromatic rings. The van der Waals surface area contributed by atoms with E-state index in [-0.39, 0.29) is 30.6 Å². The molecule has 3 aliphatic rings. The molecule has 9 heteroatoms. The van der Waals surface area contributed by atoms with Crippen LogP contribution in [-0.2, 0) is 32.3 Å². The maximum absolute atomic E-state index is 13.4. The largest absolute Gasteiger partial charge is 0.343 e. The van der Waals surface area contributed by atoms with Gasteiger partial charge in [-0.1, -0.05) is 31.2 Å². The zero-order valence-corrected chi connectivity index (χ0v) is 18.0. The number of carbonyl (C=O) groups is 4. The summed E-state index contributed by atoms with van der Waals surface area (Å²) in [6.45, 7) is 3.21. The second-order valence-corrected chi connectivity index (χ2v) is 8.32. The summed E-state index contributed by atoms with van der Waals surface area (Å²) >= 11 is 0. The summed E-state index contributed by atoms with van der Waals surface area (Å²) in [5.41, 5.74) is 2.21. The highest BCUT2D eigenvalue weighted by atomic mass is 16.2. The molecular weight excluding hydrogens is 398 g/mol. The molecule has 3 aliphatic heterocycles. The average molecular weight is 428 g/mol. The van der Waals surface area contributed by atoms with Crippen LogP contribution in [-0.4, -0.2) is 70.3 Å². The number of benzene rings is 1. The SMILES string of the molecule is CC[C@H](NC)C(=O)N[C@H]1CCC(=O)N2CC[C@@H](C(=O)N3Cc4ccccc4C3)N2C1=O. The molecule has 31 heavy (non-hydrogen) atoms. The van der Waals surface area contributed by atoms with Crippen LogP contribution in [0.25, 0.3) is 0 Å². The van der Waals surface area contributed by atoms with E-state index in [0.717, 1.165) is 11.1 Å². The lowest BCUT2D eigenvalue weighted by Gasteiger charge is -2.33. The third-order valence-electron chi connectivity index (χ3n) is 6.46. The molecule has 0 aliphatic carbocycles. The summed E-state index contributed by atoms with van der Waals surface area (Å²) in [6.07, 6.45) is 1.36. The highest BCUT2D eigenvalue weighted by molar-refractivity contribution is 5.96. The minimum Gasteiger partial charge on any atom is -0.343 e. The molecule has 2 saturated heterocycles. The molecule has 3 heterocycles. The van der Waals surface area contributed by atoms with Crippen LogP contribution < -0.4 is 10.6 Å². The number of hydrogen-bond donors (Lipinski definition) is 2. The number of carbonyl (C=O) groups excluding carboxylic acids is 4. The summed E-state index contributed by atoms with van der Waals surface area (Å²) in [7, 11) is 1.69. The molecule has 0 radical (unpaired) electrons.